The minimum absolute atomic E-state index is 0.112. The Balaban J connectivity index is 1.90. The van der Waals surface area contributed by atoms with Gasteiger partial charge in [0.15, 0.2) is 0 Å². The molecule has 0 aromatic heterocycles. The molecule has 0 amide bonds. The van der Waals surface area contributed by atoms with Gasteiger partial charge in [0, 0.05) is 26.2 Å². The van der Waals surface area contributed by atoms with Gasteiger partial charge in [0.25, 0.3) is 0 Å². The van der Waals surface area contributed by atoms with Crippen molar-refractivity contribution in [1.82, 2.24) is 4.90 Å². The zero-order chi connectivity index (χ0) is 13.1. The number of rotatable bonds is 3. The van der Waals surface area contributed by atoms with E-state index in [-0.39, 0.29) is 6.10 Å². The average molecular weight is 255 g/mol. The second kappa shape index (κ2) is 6.36. The van der Waals surface area contributed by atoms with E-state index >= 15 is 0 Å². The Labute approximate surface area is 112 Å². The van der Waals surface area contributed by atoms with Crippen LogP contribution in [0.5, 0.6) is 0 Å². The molecular weight excluding hydrogens is 226 g/mol. The van der Waals surface area contributed by atoms with Gasteiger partial charge in [-0.25, -0.2) is 0 Å². The number of likely N-dealkylation sites (tertiary alicyclic amines) is 1. The van der Waals surface area contributed by atoms with Crippen LogP contribution in [0.25, 0.3) is 0 Å². The maximum atomic E-state index is 10.3. The third kappa shape index (κ3) is 3.25. The zero-order valence-electron chi connectivity index (χ0n) is 12.1. The minimum atomic E-state index is -0.112. The maximum absolute atomic E-state index is 10.3. The van der Waals surface area contributed by atoms with E-state index < -0.39 is 0 Å². The molecule has 1 heterocycles. The Hall–Kier alpha value is -0.120. The molecule has 1 saturated heterocycles. The number of methoxy groups -OCH3 is 1. The third-order valence-corrected chi connectivity index (χ3v) is 5.04. The third-order valence-electron chi connectivity index (χ3n) is 5.04. The molecule has 0 aromatic carbocycles. The second-order valence-electron chi connectivity index (χ2n) is 6.42. The standard InChI is InChI=1S/C15H29NO2/c1-11(2)12-4-5-15(17)14(10-12)16-8-6-13(18-3)7-9-16/h11-15,17H,4-10H2,1-3H3. The van der Waals surface area contributed by atoms with Crippen molar-refractivity contribution in [2.45, 2.75) is 64.2 Å². The van der Waals surface area contributed by atoms with Gasteiger partial charge in [-0.05, 0) is 43.9 Å². The number of ether oxygens (including phenoxy) is 1. The number of aliphatic hydroxyl groups excluding tert-OH is 1. The van der Waals surface area contributed by atoms with Crippen LogP contribution in [0.4, 0.5) is 0 Å². The highest BCUT2D eigenvalue weighted by Crippen LogP contribution is 2.33. The SMILES string of the molecule is COC1CCN(C2CC(C(C)C)CCC2O)CC1. The summed E-state index contributed by atoms with van der Waals surface area (Å²) in [6.07, 6.45) is 5.91. The minimum Gasteiger partial charge on any atom is -0.391 e. The van der Waals surface area contributed by atoms with Crippen LogP contribution in [-0.2, 0) is 4.74 Å². The number of aliphatic hydroxyl groups is 1. The average Bonchev–Trinajstić information content (AvgIpc) is 2.39. The van der Waals surface area contributed by atoms with Crippen molar-refractivity contribution in [2.75, 3.05) is 20.2 Å². The fraction of sp³-hybridized carbons (Fsp3) is 1.00. The zero-order valence-corrected chi connectivity index (χ0v) is 12.1. The smallest absolute Gasteiger partial charge is 0.0695 e. The Morgan fingerprint density at radius 2 is 1.78 bits per heavy atom. The largest absolute Gasteiger partial charge is 0.391 e. The van der Waals surface area contributed by atoms with Gasteiger partial charge in [0.05, 0.1) is 12.2 Å². The van der Waals surface area contributed by atoms with Crippen molar-refractivity contribution in [3.63, 3.8) is 0 Å². The molecule has 0 bridgehead atoms. The molecule has 1 aliphatic carbocycles. The summed E-state index contributed by atoms with van der Waals surface area (Å²) in [7, 11) is 1.81. The van der Waals surface area contributed by atoms with Gasteiger partial charge >= 0.3 is 0 Å². The van der Waals surface area contributed by atoms with Crippen LogP contribution in [0, 0.1) is 11.8 Å². The highest BCUT2D eigenvalue weighted by atomic mass is 16.5. The van der Waals surface area contributed by atoms with Crippen LogP contribution < -0.4 is 0 Å². The Bertz CT molecular complexity index is 249. The molecule has 0 radical (unpaired) electrons. The quantitative estimate of drug-likeness (QED) is 0.840. The summed E-state index contributed by atoms with van der Waals surface area (Å²) in [5, 5.41) is 10.3. The molecule has 3 unspecified atom stereocenters. The number of nitrogens with zero attached hydrogens (tertiary/aromatic N) is 1. The fourth-order valence-corrected chi connectivity index (χ4v) is 3.60. The van der Waals surface area contributed by atoms with Crippen molar-refractivity contribution in [1.29, 1.82) is 0 Å². The maximum Gasteiger partial charge on any atom is 0.0695 e. The molecule has 3 heteroatoms. The highest BCUT2D eigenvalue weighted by molar-refractivity contribution is 4.89. The van der Waals surface area contributed by atoms with Gasteiger partial charge in [-0.1, -0.05) is 13.8 Å². The van der Waals surface area contributed by atoms with Gasteiger partial charge < -0.3 is 9.84 Å². The van der Waals surface area contributed by atoms with E-state index in [0.29, 0.717) is 12.1 Å². The molecule has 3 atom stereocenters. The van der Waals surface area contributed by atoms with Crippen molar-refractivity contribution in [3.8, 4) is 0 Å². The van der Waals surface area contributed by atoms with Gasteiger partial charge in [-0.2, -0.15) is 0 Å². The van der Waals surface area contributed by atoms with Gasteiger partial charge in [-0.3, -0.25) is 4.90 Å². The van der Waals surface area contributed by atoms with E-state index in [9.17, 15) is 5.11 Å². The Morgan fingerprint density at radius 1 is 1.11 bits per heavy atom. The van der Waals surface area contributed by atoms with E-state index in [1.165, 1.54) is 12.8 Å². The summed E-state index contributed by atoms with van der Waals surface area (Å²) in [6, 6.07) is 0.393. The number of hydrogen-bond acceptors (Lipinski definition) is 3. The van der Waals surface area contributed by atoms with Crippen LogP contribution in [-0.4, -0.2) is 48.5 Å². The lowest BCUT2D eigenvalue weighted by molar-refractivity contribution is -0.0361. The molecule has 1 saturated carbocycles. The highest BCUT2D eigenvalue weighted by Gasteiger charge is 2.35. The van der Waals surface area contributed by atoms with Gasteiger partial charge in [0.2, 0.25) is 0 Å². The lowest BCUT2D eigenvalue weighted by Crippen LogP contribution is -2.51. The predicted molar refractivity (Wildman–Crippen MR) is 73.6 cm³/mol. The predicted octanol–water partition coefficient (Wildman–Crippen LogP) is 2.28. The van der Waals surface area contributed by atoms with E-state index in [2.05, 4.69) is 18.7 Å². The number of piperidine rings is 1. The molecule has 3 nitrogen and oxygen atoms in total. The normalized spacial score (nSPS) is 36.2. The fourth-order valence-electron chi connectivity index (χ4n) is 3.60. The Morgan fingerprint density at radius 3 is 2.33 bits per heavy atom. The van der Waals surface area contributed by atoms with Crippen LogP contribution in [0.3, 0.4) is 0 Å². The lowest BCUT2D eigenvalue weighted by Gasteiger charge is -2.44. The van der Waals surface area contributed by atoms with E-state index in [1.807, 2.05) is 7.11 Å². The van der Waals surface area contributed by atoms with Crippen LogP contribution in [0.1, 0.15) is 46.0 Å². The molecule has 0 aromatic rings. The summed E-state index contributed by atoms with van der Waals surface area (Å²) >= 11 is 0. The van der Waals surface area contributed by atoms with Crippen LogP contribution in [0.15, 0.2) is 0 Å². The monoisotopic (exact) mass is 255 g/mol. The van der Waals surface area contributed by atoms with Crippen molar-refractivity contribution < 1.29 is 9.84 Å². The first-order valence-electron chi connectivity index (χ1n) is 7.56. The molecule has 2 rings (SSSR count). The summed E-state index contributed by atoms with van der Waals surface area (Å²) in [5.74, 6) is 1.54. The van der Waals surface area contributed by atoms with Crippen LogP contribution in [0.2, 0.25) is 0 Å². The van der Waals surface area contributed by atoms with E-state index in [1.54, 1.807) is 0 Å². The second-order valence-corrected chi connectivity index (χ2v) is 6.42. The van der Waals surface area contributed by atoms with Crippen molar-refractivity contribution in [2.24, 2.45) is 11.8 Å². The first kappa shape index (κ1) is 14.3. The molecule has 1 N–H and O–H groups in total. The van der Waals surface area contributed by atoms with Crippen molar-refractivity contribution in [3.05, 3.63) is 0 Å². The van der Waals surface area contributed by atoms with Gasteiger partial charge in [-0.15, -0.1) is 0 Å². The molecule has 106 valence electrons. The summed E-state index contributed by atoms with van der Waals surface area (Å²) < 4.78 is 5.42. The van der Waals surface area contributed by atoms with E-state index in [4.69, 9.17) is 4.74 Å². The molecule has 18 heavy (non-hydrogen) atoms. The lowest BCUT2D eigenvalue weighted by atomic mass is 9.77. The summed E-state index contributed by atoms with van der Waals surface area (Å²) in [4.78, 5) is 2.51. The summed E-state index contributed by atoms with van der Waals surface area (Å²) in [6.45, 7) is 6.81. The first-order valence-corrected chi connectivity index (χ1v) is 7.56. The first-order chi connectivity index (χ1) is 8.61. The van der Waals surface area contributed by atoms with Crippen LogP contribution >= 0.6 is 0 Å². The van der Waals surface area contributed by atoms with Gasteiger partial charge in [0.1, 0.15) is 0 Å². The Kier molecular flexibility index (Phi) is 5.05. The molecule has 2 aliphatic rings. The summed E-state index contributed by atoms with van der Waals surface area (Å²) in [5.41, 5.74) is 0. The molecule has 2 fully saturated rings. The molecular formula is C15H29NO2. The van der Waals surface area contributed by atoms with Crippen molar-refractivity contribution >= 4 is 0 Å². The topological polar surface area (TPSA) is 32.7 Å². The molecule has 1 aliphatic heterocycles. The number of hydrogen-bond donors (Lipinski definition) is 1. The van der Waals surface area contributed by atoms with E-state index in [0.717, 1.165) is 44.2 Å². The molecule has 0 spiro atoms.